The molecule has 1 aromatic rings. The number of nitrogens with one attached hydrogen (secondary N) is 2. The number of ether oxygens (including phenoxy) is 1. The van der Waals surface area contributed by atoms with E-state index < -0.39 is 0 Å². The van der Waals surface area contributed by atoms with Crippen molar-refractivity contribution < 1.29 is 4.74 Å². The number of guanidine groups is 1. The lowest BCUT2D eigenvalue weighted by molar-refractivity contribution is 0.258. The summed E-state index contributed by atoms with van der Waals surface area (Å²) in [4.78, 5) is 10.6. The van der Waals surface area contributed by atoms with Gasteiger partial charge in [-0.15, -0.1) is 24.0 Å². The van der Waals surface area contributed by atoms with E-state index in [4.69, 9.17) is 4.74 Å². The molecule has 0 spiro atoms. The van der Waals surface area contributed by atoms with Crippen LogP contribution in [-0.4, -0.2) is 55.7 Å². The van der Waals surface area contributed by atoms with E-state index in [-0.39, 0.29) is 24.0 Å². The van der Waals surface area contributed by atoms with Gasteiger partial charge in [-0.1, -0.05) is 0 Å². The molecule has 0 bridgehead atoms. The highest BCUT2D eigenvalue weighted by Gasteiger charge is 2.12. The van der Waals surface area contributed by atoms with E-state index >= 15 is 0 Å². The van der Waals surface area contributed by atoms with Crippen LogP contribution >= 0.6 is 24.0 Å². The van der Waals surface area contributed by atoms with Crippen molar-refractivity contribution in [2.75, 3.05) is 33.8 Å². The van der Waals surface area contributed by atoms with Crippen LogP contribution in [-0.2, 0) is 6.54 Å². The monoisotopic (exact) mass is 405 g/mol. The van der Waals surface area contributed by atoms with Crippen LogP contribution in [0.4, 0.5) is 0 Å². The average molecular weight is 405 g/mol. The zero-order chi connectivity index (χ0) is 14.4. The predicted molar refractivity (Wildman–Crippen MR) is 95.4 cm³/mol. The van der Waals surface area contributed by atoms with Gasteiger partial charge < -0.3 is 20.3 Å². The minimum absolute atomic E-state index is 0. The topological polar surface area (TPSA) is 61.8 Å². The van der Waals surface area contributed by atoms with Crippen molar-refractivity contribution in [3.8, 4) is 5.75 Å². The summed E-state index contributed by atoms with van der Waals surface area (Å²) in [5.74, 6) is 1.68. The van der Waals surface area contributed by atoms with Crippen LogP contribution in [0.3, 0.4) is 0 Å². The quantitative estimate of drug-likeness (QED) is 0.694. The van der Waals surface area contributed by atoms with Crippen LogP contribution < -0.4 is 15.4 Å². The minimum atomic E-state index is 0. The largest absolute Gasteiger partial charge is 0.490 e. The summed E-state index contributed by atoms with van der Waals surface area (Å²) in [6, 6.07) is 2.38. The van der Waals surface area contributed by atoms with E-state index in [0.29, 0.717) is 19.2 Å². The molecule has 2 N–H and O–H groups in total. The van der Waals surface area contributed by atoms with E-state index in [2.05, 4.69) is 32.4 Å². The van der Waals surface area contributed by atoms with Crippen molar-refractivity contribution in [3.63, 3.8) is 0 Å². The fraction of sp³-hybridized carbons (Fsp3) is 0.571. The van der Waals surface area contributed by atoms with Crippen molar-refractivity contribution in [3.05, 3.63) is 24.0 Å². The van der Waals surface area contributed by atoms with E-state index in [9.17, 15) is 0 Å². The van der Waals surface area contributed by atoms with Gasteiger partial charge in [0.2, 0.25) is 0 Å². The van der Waals surface area contributed by atoms with Gasteiger partial charge in [0.25, 0.3) is 0 Å². The minimum Gasteiger partial charge on any atom is -0.490 e. The Hall–Kier alpha value is -1.09. The maximum absolute atomic E-state index is 5.78. The Kier molecular flexibility index (Phi) is 7.73. The first-order valence-electron chi connectivity index (χ1n) is 6.90. The number of hydrogen-bond acceptors (Lipinski definition) is 6. The summed E-state index contributed by atoms with van der Waals surface area (Å²) in [7, 11) is 4.06. The van der Waals surface area contributed by atoms with Crippen molar-refractivity contribution in [1.29, 1.82) is 0 Å². The van der Waals surface area contributed by atoms with Gasteiger partial charge in [-0.05, 0) is 27.1 Å². The van der Waals surface area contributed by atoms with Crippen LogP contribution in [0.5, 0.6) is 5.75 Å². The third-order valence-electron chi connectivity index (χ3n) is 3.02. The fourth-order valence-corrected chi connectivity index (χ4v) is 1.86. The van der Waals surface area contributed by atoms with Gasteiger partial charge in [0.05, 0.1) is 12.7 Å². The Morgan fingerprint density at radius 2 is 2.29 bits per heavy atom. The molecule has 1 aliphatic rings. The number of aromatic nitrogens is 1. The maximum atomic E-state index is 5.78. The van der Waals surface area contributed by atoms with Gasteiger partial charge >= 0.3 is 0 Å². The Morgan fingerprint density at radius 3 is 2.95 bits per heavy atom. The highest BCUT2D eigenvalue weighted by molar-refractivity contribution is 14.0. The average Bonchev–Trinajstić information content (AvgIpc) is 2.83. The lowest BCUT2D eigenvalue weighted by Gasteiger charge is -2.14. The molecule has 1 atom stereocenters. The molecule has 0 fully saturated rings. The highest BCUT2D eigenvalue weighted by atomic mass is 127. The van der Waals surface area contributed by atoms with Crippen LogP contribution in [0.1, 0.15) is 12.5 Å². The van der Waals surface area contributed by atoms with Crippen molar-refractivity contribution in [1.82, 2.24) is 20.5 Å². The molecule has 0 saturated carbocycles. The predicted octanol–water partition coefficient (Wildman–Crippen LogP) is 1.08. The van der Waals surface area contributed by atoms with Crippen LogP contribution in [0.2, 0.25) is 0 Å². The van der Waals surface area contributed by atoms with Gasteiger partial charge in [0.15, 0.2) is 5.96 Å². The Balaban J connectivity index is 0.00000220. The number of aliphatic imine (C=N–C) groups is 1. The number of rotatable bonds is 6. The molecule has 0 saturated heterocycles. The first kappa shape index (κ1) is 18.0. The molecule has 6 nitrogen and oxygen atoms in total. The summed E-state index contributed by atoms with van der Waals surface area (Å²) >= 11 is 0. The normalized spacial score (nSPS) is 17.0. The van der Waals surface area contributed by atoms with E-state index in [1.165, 1.54) is 0 Å². The standard InChI is InChI=1S/C14H23N5O.HI/c1-11-8-16-14(18-11)17-9-12-4-5-15-10-13(12)20-7-6-19(2)3;/h4-5,10-11H,6-9H2,1-3H3,(H2,16,17,18);1H. The van der Waals surface area contributed by atoms with Gasteiger partial charge in [-0.25, -0.2) is 0 Å². The molecule has 21 heavy (non-hydrogen) atoms. The Bertz CT molecular complexity index is 466. The van der Waals surface area contributed by atoms with Gasteiger partial charge in [-0.2, -0.15) is 0 Å². The second-order valence-electron chi connectivity index (χ2n) is 5.22. The van der Waals surface area contributed by atoms with Gasteiger partial charge in [0, 0.05) is 30.9 Å². The molecule has 2 heterocycles. The number of hydrogen-bond donors (Lipinski definition) is 2. The summed E-state index contributed by atoms with van der Waals surface area (Å²) in [5, 5.41) is 6.57. The molecule has 1 unspecified atom stereocenters. The number of halogens is 1. The van der Waals surface area contributed by atoms with Gasteiger partial charge in [-0.3, -0.25) is 9.98 Å². The number of pyridine rings is 1. The Morgan fingerprint density at radius 1 is 1.48 bits per heavy atom. The lowest BCUT2D eigenvalue weighted by Crippen LogP contribution is -2.37. The second-order valence-corrected chi connectivity index (χ2v) is 5.22. The Labute approximate surface area is 143 Å². The highest BCUT2D eigenvalue weighted by Crippen LogP contribution is 2.16. The number of nitrogens with zero attached hydrogens (tertiary/aromatic N) is 3. The maximum Gasteiger partial charge on any atom is 0.191 e. The van der Waals surface area contributed by atoms with Crippen LogP contribution in [0, 0.1) is 0 Å². The van der Waals surface area contributed by atoms with E-state index in [1.54, 1.807) is 12.4 Å². The molecular weight excluding hydrogens is 381 g/mol. The van der Waals surface area contributed by atoms with Crippen LogP contribution in [0.25, 0.3) is 0 Å². The molecule has 0 amide bonds. The SMILES string of the molecule is CC1CN=C(NCc2ccncc2OCCN(C)C)N1.I. The van der Waals surface area contributed by atoms with Crippen molar-refractivity contribution in [2.24, 2.45) is 4.99 Å². The fourth-order valence-electron chi connectivity index (χ4n) is 1.86. The molecule has 7 heteroatoms. The van der Waals surface area contributed by atoms with E-state index in [0.717, 1.165) is 30.4 Å². The molecule has 0 aliphatic carbocycles. The molecule has 118 valence electrons. The van der Waals surface area contributed by atoms with Crippen molar-refractivity contribution >= 4 is 29.9 Å². The summed E-state index contributed by atoms with van der Waals surface area (Å²) in [5.41, 5.74) is 1.09. The first-order valence-corrected chi connectivity index (χ1v) is 6.90. The zero-order valence-electron chi connectivity index (χ0n) is 12.8. The molecule has 1 aliphatic heterocycles. The molecule has 1 aromatic heterocycles. The lowest BCUT2D eigenvalue weighted by atomic mass is 10.2. The third kappa shape index (κ3) is 6.04. The van der Waals surface area contributed by atoms with E-state index in [1.807, 2.05) is 20.2 Å². The zero-order valence-corrected chi connectivity index (χ0v) is 15.1. The first-order chi connectivity index (χ1) is 9.65. The summed E-state index contributed by atoms with van der Waals surface area (Å²) in [6.07, 6.45) is 3.54. The van der Waals surface area contributed by atoms with Gasteiger partial charge in [0.1, 0.15) is 12.4 Å². The second kappa shape index (κ2) is 9.04. The van der Waals surface area contributed by atoms with Crippen LogP contribution in [0.15, 0.2) is 23.5 Å². The molecular formula is C14H24IN5O. The summed E-state index contributed by atoms with van der Waals surface area (Å²) < 4.78 is 5.78. The summed E-state index contributed by atoms with van der Waals surface area (Å²) in [6.45, 7) is 5.15. The third-order valence-corrected chi connectivity index (χ3v) is 3.02. The molecule has 2 rings (SSSR count). The molecule has 0 radical (unpaired) electrons. The van der Waals surface area contributed by atoms with Crippen molar-refractivity contribution in [2.45, 2.75) is 19.5 Å². The number of likely N-dealkylation sites (N-methyl/N-ethyl adjacent to an activating group) is 1. The smallest absolute Gasteiger partial charge is 0.191 e. The molecule has 0 aromatic carbocycles.